The second kappa shape index (κ2) is 5.09. The lowest BCUT2D eigenvalue weighted by atomic mass is 10.2. The molecule has 0 aliphatic heterocycles. The fourth-order valence-electron chi connectivity index (χ4n) is 1.41. The second-order valence-electron chi connectivity index (χ2n) is 3.58. The normalized spacial score (nSPS) is 10.0. The lowest BCUT2D eigenvalue weighted by Crippen LogP contribution is -2.16. The molecule has 0 radical (unpaired) electrons. The number of carbonyl (C=O) groups excluding carboxylic acids is 1. The van der Waals surface area contributed by atoms with E-state index in [2.05, 4.69) is 20.3 Å². The van der Waals surface area contributed by atoms with Gasteiger partial charge in [-0.25, -0.2) is 15.0 Å². The molecule has 2 aromatic rings. The number of aromatic nitrogens is 3. The predicted molar refractivity (Wildman–Crippen MR) is 66.5 cm³/mol. The third kappa shape index (κ3) is 2.70. The van der Waals surface area contributed by atoms with Crippen molar-refractivity contribution in [3.05, 3.63) is 42.1 Å². The van der Waals surface area contributed by atoms with Crippen LogP contribution in [0.2, 0.25) is 0 Å². The van der Waals surface area contributed by atoms with Crippen LogP contribution >= 0.6 is 0 Å². The number of anilines is 2. The molecule has 7 heteroatoms. The van der Waals surface area contributed by atoms with Gasteiger partial charge in [0.05, 0.1) is 29.7 Å². The number of nitrogens with one attached hydrogen (secondary N) is 1. The van der Waals surface area contributed by atoms with Crippen molar-refractivity contribution in [1.29, 1.82) is 0 Å². The first-order valence-corrected chi connectivity index (χ1v) is 5.21. The molecule has 0 saturated carbocycles. The Labute approximate surface area is 103 Å². The summed E-state index contributed by atoms with van der Waals surface area (Å²) in [6, 6.07) is 3.24. The van der Waals surface area contributed by atoms with E-state index in [1.54, 1.807) is 12.3 Å². The molecular formula is C11H12N6O. The third-order valence-electron chi connectivity index (χ3n) is 2.25. The van der Waals surface area contributed by atoms with Crippen molar-refractivity contribution in [2.75, 3.05) is 11.1 Å². The zero-order chi connectivity index (χ0) is 13.0. The summed E-state index contributed by atoms with van der Waals surface area (Å²) in [5.74, 6) is -0.199. The summed E-state index contributed by atoms with van der Waals surface area (Å²) >= 11 is 0. The van der Waals surface area contributed by atoms with Crippen LogP contribution in [-0.4, -0.2) is 20.9 Å². The van der Waals surface area contributed by atoms with E-state index in [0.717, 1.165) is 5.69 Å². The summed E-state index contributed by atoms with van der Waals surface area (Å²) in [7, 11) is 0. The van der Waals surface area contributed by atoms with Crippen molar-refractivity contribution in [3.63, 3.8) is 0 Å². The van der Waals surface area contributed by atoms with E-state index < -0.39 is 5.91 Å². The maximum absolute atomic E-state index is 11.2. The predicted octanol–water partition coefficient (Wildman–Crippen LogP) is 0.165. The van der Waals surface area contributed by atoms with Gasteiger partial charge in [0, 0.05) is 6.20 Å². The molecule has 0 fully saturated rings. The van der Waals surface area contributed by atoms with Crippen LogP contribution in [0.3, 0.4) is 0 Å². The van der Waals surface area contributed by atoms with Crippen molar-refractivity contribution in [2.24, 2.45) is 5.73 Å². The molecule has 0 aliphatic rings. The van der Waals surface area contributed by atoms with Crippen LogP contribution in [0.4, 0.5) is 11.5 Å². The van der Waals surface area contributed by atoms with Gasteiger partial charge >= 0.3 is 0 Å². The topological polar surface area (TPSA) is 120 Å². The highest BCUT2D eigenvalue weighted by Crippen LogP contribution is 2.15. The molecule has 5 N–H and O–H groups in total. The minimum atomic E-state index is -0.583. The Balaban J connectivity index is 2.17. The van der Waals surface area contributed by atoms with E-state index in [4.69, 9.17) is 11.5 Å². The average Bonchev–Trinajstić information content (AvgIpc) is 2.38. The van der Waals surface area contributed by atoms with Crippen molar-refractivity contribution in [3.8, 4) is 0 Å². The van der Waals surface area contributed by atoms with Crippen LogP contribution in [0.15, 0.2) is 30.9 Å². The minimum absolute atomic E-state index is 0.254. The standard InChI is InChI=1S/C11H12N6O/c12-7-3-9(10(13)18)11(15-4-7)16-5-8-1-2-14-6-17-8/h1-4,6H,5,12H2,(H2,13,18)(H,15,16). The highest BCUT2D eigenvalue weighted by molar-refractivity contribution is 5.98. The number of primary amides is 1. The fourth-order valence-corrected chi connectivity index (χ4v) is 1.41. The number of rotatable bonds is 4. The Hall–Kier alpha value is -2.70. The lowest BCUT2D eigenvalue weighted by molar-refractivity contribution is 0.100. The van der Waals surface area contributed by atoms with Gasteiger partial charge in [0.15, 0.2) is 0 Å². The molecule has 1 amide bonds. The van der Waals surface area contributed by atoms with Crippen LogP contribution < -0.4 is 16.8 Å². The Bertz CT molecular complexity index is 557. The van der Waals surface area contributed by atoms with Crippen LogP contribution in [0.25, 0.3) is 0 Å². The van der Waals surface area contributed by atoms with E-state index >= 15 is 0 Å². The Morgan fingerprint density at radius 2 is 2.22 bits per heavy atom. The van der Waals surface area contributed by atoms with Gasteiger partial charge < -0.3 is 16.8 Å². The van der Waals surface area contributed by atoms with Gasteiger partial charge in [-0.15, -0.1) is 0 Å². The number of amides is 1. The molecule has 92 valence electrons. The Morgan fingerprint density at radius 1 is 1.39 bits per heavy atom. The smallest absolute Gasteiger partial charge is 0.252 e. The maximum Gasteiger partial charge on any atom is 0.252 e. The summed E-state index contributed by atoms with van der Waals surface area (Å²) < 4.78 is 0. The van der Waals surface area contributed by atoms with Crippen molar-refractivity contribution >= 4 is 17.4 Å². The quantitative estimate of drug-likeness (QED) is 0.704. The Kier molecular flexibility index (Phi) is 3.33. The van der Waals surface area contributed by atoms with Crippen LogP contribution in [0.1, 0.15) is 16.1 Å². The zero-order valence-electron chi connectivity index (χ0n) is 9.50. The second-order valence-corrected chi connectivity index (χ2v) is 3.58. The van der Waals surface area contributed by atoms with Crippen LogP contribution in [0, 0.1) is 0 Å². The zero-order valence-corrected chi connectivity index (χ0v) is 9.50. The van der Waals surface area contributed by atoms with E-state index in [1.807, 2.05) is 0 Å². The molecule has 2 heterocycles. The van der Waals surface area contributed by atoms with E-state index in [1.165, 1.54) is 18.6 Å². The molecule has 0 aliphatic carbocycles. The first-order valence-electron chi connectivity index (χ1n) is 5.21. The first-order chi connectivity index (χ1) is 8.66. The van der Waals surface area contributed by atoms with Crippen LogP contribution in [-0.2, 0) is 6.54 Å². The van der Waals surface area contributed by atoms with Crippen molar-refractivity contribution in [2.45, 2.75) is 6.54 Å². The van der Waals surface area contributed by atoms with Gasteiger partial charge in [0.1, 0.15) is 12.1 Å². The van der Waals surface area contributed by atoms with Gasteiger partial charge in [-0.2, -0.15) is 0 Å². The largest absolute Gasteiger partial charge is 0.397 e. The molecule has 0 unspecified atom stereocenters. The maximum atomic E-state index is 11.2. The summed E-state index contributed by atoms with van der Waals surface area (Å²) in [5.41, 5.74) is 12.2. The highest BCUT2D eigenvalue weighted by atomic mass is 16.1. The van der Waals surface area contributed by atoms with Gasteiger partial charge in [0.2, 0.25) is 0 Å². The summed E-state index contributed by atoms with van der Waals surface area (Å²) in [6.45, 7) is 0.416. The van der Waals surface area contributed by atoms with Crippen LogP contribution in [0.5, 0.6) is 0 Å². The van der Waals surface area contributed by atoms with E-state index in [-0.39, 0.29) is 5.56 Å². The number of nitrogen functional groups attached to an aromatic ring is 1. The van der Waals surface area contributed by atoms with Gasteiger partial charge in [-0.1, -0.05) is 0 Å². The Morgan fingerprint density at radius 3 is 2.89 bits per heavy atom. The molecule has 0 spiro atoms. The monoisotopic (exact) mass is 244 g/mol. The van der Waals surface area contributed by atoms with Gasteiger partial charge in [0.25, 0.3) is 5.91 Å². The number of pyridine rings is 1. The molecule has 0 aromatic carbocycles. The van der Waals surface area contributed by atoms with Gasteiger partial charge in [-0.05, 0) is 12.1 Å². The number of nitrogens with two attached hydrogens (primary N) is 2. The average molecular weight is 244 g/mol. The SMILES string of the molecule is NC(=O)c1cc(N)cnc1NCc1ccncn1. The summed E-state index contributed by atoms with van der Waals surface area (Å²) in [6.07, 6.45) is 4.53. The number of hydrogen-bond donors (Lipinski definition) is 3. The lowest BCUT2D eigenvalue weighted by Gasteiger charge is -2.08. The highest BCUT2D eigenvalue weighted by Gasteiger charge is 2.10. The minimum Gasteiger partial charge on any atom is -0.397 e. The first kappa shape index (κ1) is 11.8. The molecular weight excluding hydrogens is 232 g/mol. The molecule has 2 aromatic heterocycles. The molecule has 7 nitrogen and oxygen atoms in total. The fraction of sp³-hybridized carbons (Fsp3) is 0.0909. The van der Waals surface area contributed by atoms with E-state index in [9.17, 15) is 4.79 Å². The third-order valence-corrected chi connectivity index (χ3v) is 2.25. The molecule has 2 rings (SSSR count). The number of carbonyl (C=O) groups is 1. The molecule has 0 saturated heterocycles. The molecule has 0 atom stereocenters. The van der Waals surface area contributed by atoms with Crippen molar-refractivity contribution in [1.82, 2.24) is 15.0 Å². The molecule has 0 bridgehead atoms. The van der Waals surface area contributed by atoms with Crippen molar-refractivity contribution < 1.29 is 4.79 Å². The number of hydrogen-bond acceptors (Lipinski definition) is 6. The summed E-state index contributed by atoms with van der Waals surface area (Å²) in [5, 5.41) is 2.98. The molecule has 18 heavy (non-hydrogen) atoms. The van der Waals surface area contributed by atoms with E-state index in [0.29, 0.717) is 18.1 Å². The van der Waals surface area contributed by atoms with Gasteiger partial charge in [-0.3, -0.25) is 4.79 Å². The number of nitrogens with zero attached hydrogens (tertiary/aromatic N) is 3. The summed E-state index contributed by atoms with van der Waals surface area (Å²) in [4.78, 5) is 23.1.